The summed E-state index contributed by atoms with van der Waals surface area (Å²) in [5.74, 6) is 4.49. The fraction of sp³-hybridized carbons (Fsp3) is 1.00. The third kappa shape index (κ3) is 3.59. The first kappa shape index (κ1) is 28.8. The van der Waals surface area contributed by atoms with E-state index in [0.29, 0.717) is 41.9 Å². The van der Waals surface area contributed by atoms with Gasteiger partial charge in [-0.3, -0.25) is 0 Å². The molecule has 4 heteroatoms. The summed E-state index contributed by atoms with van der Waals surface area (Å²) in [7, 11) is 0. The summed E-state index contributed by atoms with van der Waals surface area (Å²) in [5, 5.41) is 34.0. The van der Waals surface area contributed by atoms with Crippen LogP contribution in [0.1, 0.15) is 102 Å². The molecule has 0 aromatic rings. The van der Waals surface area contributed by atoms with Crippen molar-refractivity contribution in [3.8, 4) is 0 Å². The van der Waals surface area contributed by atoms with Gasteiger partial charge in [0.2, 0.25) is 0 Å². The number of ether oxygens (including phenoxy) is 1. The molecule has 4 aliphatic carbocycles. The molecule has 0 amide bonds. The second kappa shape index (κ2) is 9.49. The minimum Gasteiger partial charge on any atom is -0.393 e. The molecule has 0 heterocycles. The third-order valence-corrected chi connectivity index (χ3v) is 13.9. The maximum atomic E-state index is 12.2. The fourth-order valence-electron chi connectivity index (χ4n) is 11.7. The lowest BCUT2D eigenvalue weighted by Crippen LogP contribution is -2.76. The van der Waals surface area contributed by atoms with E-state index in [1.54, 1.807) is 0 Å². The van der Waals surface area contributed by atoms with Gasteiger partial charge in [0.15, 0.2) is 6.29 Å². The molecule has 0 radical (unpaired) electrons. The van der Waals surface area contributed by atoms with Gasteiger partial charge in [0.05, 0.1) is 18.3 Å². The Hall–Kier alpha value is -0.160. The van der Waals surface area contributed by atoms with Crippen molar-refractivity contribution in [2.75, 3.05) is 0 Å². The van der Waals surface area contributed by atoms with Crippen molar-refractivity contribution in [2.24, 2.45) is 75.4 Å². The van der Waals surface area contributed by atoms with E-state index in [1.165, 1.54) is 12.8 Å². The van der Waals surface area contributed by atoms with Gasteiger partial charge in [-0.2, -0.15) is 0 Å². The molecule has 4 aliphatic rings. The molecule has 0 spiro atoms. The molecule has 17 unspecified atom stereocenters. The van der Waals surface area contributed by atoms with Gasteiger partial charge in [0.1, 0.15) is 0 Å². The van der Waals surface area contributed by atoms with E-state index in [1.807, 2.05) is 13.8 Å². The zero-order valence-electron chi connectivity index (χ0n) is 25.2. The highest BCUT2D eigenvalue weighted by atomic mass is 16.6. The second-order valence-corrected chi connectivity index (χ2v) is 15.0. The lowest BCUT2D eigenvalue weighted by molar-refractivity contribution is -0.352. The molecule has 3 N–H and O–H groups in total. The van der Waals surface area contributed by atoms with Crippen molar-refractivity contribution in [1.82, 2.24) is 0 Å². The van der Waals surface area contributed by atoms with Crippen molar-refractivity contribution in [3.05, 3.63) is 0 Å². The van der Waals surface area contributed by atoms with Gasteiger partial charge in [-0.15, -0.1) is 0 Å². The molecule has 4 rings (SSSR count). The summed E-state index contributed by atoms with van der Waals surface area (Å²) in [6.07, 6.45) is 1.95. The van der Waals surface area contributed by atoms with Crippen LogP contribution in [0.25, 0.3) is 0 Å². The number of aliphatic hydroxyl groups is 3. The van der Waals surface area contributed by atoms with E-state index in [-0.39, 0.29) is 34.7 Å². The molecule has 0 aliphatic heterocycles. The molecule has 210 valence electrons. The maximum absolute atomic E-state index is 12.2. The molecule has 4 nitrogen and oxygen atoms in total. The largest absolute Gasteiger partial charge is 0.393 e. The zero-order valence-corrected chi connectivity index (χ0v) is 25.2. The molecule has 0 saturated heterocycles. The van der Waals surface area contributed by atoms with E-state index in [2.05, 4.69) is 62.3 Å². The lowest BCUT2D eigenvalue weighted by atomic mass is 9.30. The van der Waals surface area contributed by atoms with Crippen LogP contribution >= 0.6 is 0 Å². The Morgan fingerprint density at radius 3 is 2.06 bits per heavy atom. The Kier molecular flexibility index (Phi) is 7.60. The van der Waals surface area contributed by atoms with Crippen LogP contribution in [0, 0.1) is 75.4 Å². The summed E-state index contributed by atoms with van der Waals surface area (Å²) >= 11 is 0. The first-order valence-corrected chi connectivity index (χ1v) is 15.3. The molecular formula is C32H58O4. The quantitative estimate of drug-likeness (QED) is 0.388. The third-order valence-electron chi connectivity index (χ3n) is 13.9. The van der Waals surface area contributed by atoms with Crippen LogP contribution in [-0.2, 0) is 4.74 Å². The molecular weight excluding hydrogens is 448 g/mol. The van der Waals surface area contributed by atoms with Gasteiger partial charge in [-0.05, 0) is 79.4 Å². The van der Waals surface area contributed by atoms with Gasteiger partial charge in [0, 0.05) is 22.2 Å². The number of aliphatic hydroxyl groups excluding tert-OH is 3. The van der Waals surface area contributed by atoms with E-state index < -0.39 is 23.9 Å². The summed E-state index contributed by atoms with van der Waals surface area (Å²) in [6.45, 7) is 25.5. The fourth-order valence-corrected chi connectivity index (χ4v) is 11.7. The minimum atomic E-state index is -0.797. The predicted molar refractivity (Wildman–Crippen MR) is 146 cm³/mol. The average molecular weight is 507 g/mol. The lowest BCUT2D eigenvalue weighted by Gasteiger charge is -2.76. The van der Waals surface area contributed by atoms with Gasteiger partial charge in [-0.25, -0.2) is 0 Å². The van der Waals surface area contributed by atoms with Gasteiger partial charge in [0.25, 0.3) is 0 Å². The first-order valence-electron chi connectivity index (χ1n) is 15.3. The van der Waals surface area contributed by atoms with Crippen molar-refractivity contribution >= 4 is 0 Å². The van der Waals surface area contributed by atoms with Gasteiger partial charge < -0.3 is 20.1 Å². The summed E-state index contributed by atoms with van der Waals surface area (Å²) < 4.78 is 6.82. The predicted octanol–water partition coefficient (Wildman–Crippen LogP) is 6.37. The number of hydrogen-bond acceptors (Lipinski definition) is 4. The van der Waals surface area contributed by atoms with Crippen molar-refractivity contribution in [3.63, 3.8) is 0 Å². The van der Waals surface area contributed by atoms with E-state index in [9.17, 15) is 15.3 Å². The van der Waals surface area contributed by atoms with Crippen LogP contribution in [0.15, 0.2) is 0 Å². The Balaban J connectivity index is 1.93. The number of fused-ring (bicyclic) bond motifs is 3. The summed E-state index contributed by atoms with van der Waals surface area (Å²) in [6, 6.07) is 0. The van der Waals surface area contributed by atoms with Crippen molar-refractivity contribution in [2.45, 2.75) is 126 Å². The van der Waals surface area contributed by atoms with Crippen LogP contribution in [0.5, 0.6) is 0 Å². The van der Waals surface area contributed by atoms with Crippen LogP contribution in [0.4, 0.5) is 0 Å². The highest BCUT2D eigenvalue weighted by Crippen LogP contribution is 2.75. The molecule has 17 atom stereocenters. The van der Waals surface area contributed by atoms with Gasteiger partial charge >= 0.3 is 0 Å². The molecule has 36 heavy (non-hydrogen) atoms. The molecule has 0 bridgehead atoms. The highest BCUT2D eigenvalue weighted by molar-refractivity contribution is 5.22. The van der Waals surface area contributed by atoms with Crippen molar-refractivity contribution < 1.29 is 20.1 Å². The Morgan fingerprint density at radius 1 is 0.889 bits per heavy atom. The summed E-state index contributed by atoms with van der Waals surface area (Å²) in [4.78, 5) is 0. The molecule has 0 aromatic heterocycles. The highest BCUT2D eigenvalue weighted by Gasteiger charge is 2.75. The standard InChI is InChI=1S/C32H58O4/c1-12-24(34)36-29-30(9)15-17(3)25(22(8)33)28(35)32(30,11)21(7)27-19(5)26-18(4)16(2)13-14-23(26)20(6)31(27,29)10/h16-29,33-35H,12-15H2,1-11H3. The molecule has 4 saturated carbocycles. The van der Waals surface area contributed by atoms with Crippen LogP contribution in [-0.4, -0.2) is 39.9 Å². The van der Waals surface area contributed by atoms with E-state index in [0.717, 1.165) is 12.3 Å². The Morgan fingerprint density at radius 2 is 1.50 bits per heavy atom. The van der Waals surface area contributed by atoms with Crippen LogP contribution in [0.3, 0.4) is 0 Å². The second-order valence-electron chi connectivity index (χ2n) is 15.0. The van der Waals surface area contributed by atoms with E-state index in [4.69, 9.17) is 4.74 Å². The molecule has 4 fully saturated rings. The van der Waals surface area contributed by atoms with Crippen LogP contribution in [0.2, 0.25) is 0 Å². The smallest absolute Gasteiger partial charge is 0.154 e. The topological polar surface area (TPSA) is 69.9 Å². The average Bonchev–Trinajstić information content (AvgIpc) is 2.79. The van der Waals surface area contributed by atoms with Gasteiger partial charge in [-0.1, -0.05) is 75.7 Å². The van der Waals surface area contributed by atoms with Crippen molar-refractivity contribution in [1.29, 1.82) is 0 Å². The van der Waals surface area contributed by atoms with Crippen LogP contribution < -0.4 is 0 Å². The monoisotopic (exact) mass is 506 g/mol. The zero-order chi connectivity index (χ0) is 27.1. The van der Waals surface area contributed by atoms with E-state index >= 15 is 0 Å². The molecule has 0 aromatic carbocycles. The normalized spacial score (nSPS) is 58.8. The number of rotatable bonds is 4. The minimum absolute atomic E-state index is 0.0954. The summed E-state index contributed by atoms with van der Waals surface area (Å²) in [5.41, 5.74) is -0.831. The number of hydrogen-bond donors (Lipinski definition) is 3. The maximum Gasteiger partial charge on any atom is 0.154 e. The Bertz CT molecular complexity index is 799. The Labute approximate surface area is 222 Å². The SMILES string of the molecule is CCC(O)OC1C2(C)C(C)C3CCC(C)C(C)C3C(C)C2C(C)C2(C)C(O)C(C(C)O)C(C)CC12C. The first-order chi connectivity index (χ1) is 16.6.